The van der Waals surface area contributed by atoms with Crippen molar-refractivity contribution in [3.05, 3.63) is 59.7 Å². The maximum Gasteiger partial charge on any atom is 0.162 e. The zero-order valence-corrected chi connectivity index (χ0v) is 15.4. The normalized spacial score (nSPS) is 19.8. The van der Waals surface area contributed by atoms with Crippen LogP contribution in [0.15, 0.2) is 48.5 Å². The van der Waals surface area contributed by atoms with Gasteiger partial charge in [0.2, 0.25) is 0 Å². The topological polar surface area (TPSA) is 21.7 Å². The first-order valence-corrected chi connectivity index (χ1v) is 8.23. The Labute approximate surface area is 151 Å². The number of methoxy groups -OCH3 is 1. The van der Waals surface area contributed by atoms with Crippen LogP contribution in [-0.4, -0.2) is 32.1 Å². The second kappa shape index (κ2) is 8.41. The third-order valence-electron chi connectivity index (χ3n) is 4.70. The van der Waals surface area contributed by atoms with E-state index >= 15 is 0 Å². The third kappa shape index (κ3) is 4.03. The molecule has 0 fully saturated rings. The lowest BCUT2D eigenvalue weighted by molar-refractivity contribution is 0.142. The molecule has 3 rings (SSSR count). The Morgan fingerprint density at radius 1 is 0.958 bits per heavy atom. The van der Waals surface area contributed by atoms with Gasteiger partial charge in [-0.25, -0.2) is 0 Å². The summed E-state index contributed by atoms with van der Waals surface area (Å²) in [4.78, 5) is 2.31. The van der Waals surface area contributed by atoms with Crippen LogP contribution < -0.4 is 9.47 Å². The largest absolute Gasteiger partial charge is 0.493 e. The van der Waals surface area contributed by atoms with Crippen molar-refractivity contribution in [2.75, 3.05) is 21.2 Å². The molecule has 0 saturated carbocycles. The molecule has 2 aromatic rings. The van der Waals surface area contributed by atoms with Crippen molar-refractivity contribution in [1.29, 1.82) is 0 Å². The molecule has 0 aromatic heterocycles. The number of rotatable bonds is 4. The third-order valence-corrected chi connectivity index (χ3v) is 4.70. The molecule has 0 spiro atoms. The van der Waals surface area contributed by atoms with Crippen molar-refractivity contribution >= 4 is 12.4 Å². The van der Waals surface area contributed by atoms with Gasteiger partial charge in [0.25, 0.3) is 0 Å². The van der Waals surface area contributed by atoms with E-state index in [2.05, 4.69) is 43.3 Å². The number of hydrogen-bond acceptors (Lipinski definition) is 3. The van der Waals surface area contributed by atoms with E-state index in [-0.39, 0.29) is 18.5 Å². The molecular weight excluding hydrogens is 322 g/mol. The Balaban J connectivity index is 0.00000208. The van der Waals surface area contributed by atoms with Gasteiger partial charge in [-0.3, -0.25) is 0 Å². The van der Waals surface area contributed by atoms with Crippen LogP contribution in [0.2, 0.25) is 0 Å². The fraction of sp³-hybridized carbons (Fsp3) is 0.400. The molecule has 0 radical (unpaired) electrons. The van der Waals surface area contributed by atoms with Gasteiger partial charge in [-0.15, -0.1) is 12.4 Å². The molecule has 24 heavy (non-hydrogen) atoms. The van der Waals surface area contributed by atoms with E-state index in [1.54, 1.807) is 7.11 Å². The van der Waals surface area contributed by atoms with Gasteiger partial charge < -0.3 is 14.4 Å². The summed E-state index contributed by atoms with van der Waals surface area (Å²) in [6.45, 7) is 0. The van der Waals surface area contributed by atoms with Crippen LogP contribution in [0.5, 0.6) is 11.5 Å². The minimum Gasteiger partial charge on any atom is -0.493 e. The highest BCUT2D eigenvalue weighted by atomic mass is 35.5. The Kier molecular flexibility index (Phi) is 6.52. The van der Waals surface area contributed by atoms with Crippen molar-refractivity contribution in [1.82, 2.24) is 4.90 Å². The number of halogens is 1. The fourth-order valence-electron chi connectivity index (χ4n) is 3.34. The Hall–Kier alpha value is -1.71. The summed E-state index contributed by atoms with van der Waals surface area (Å²) >= 11 is 0. The van der Waals surface area contributed by atoms with Crippen molar-refractivity contribution in [2.45, 2.75) is 31.4 Å². The molecule has 1 aliphatic carbocycles. The lowest BCUT2D eigenvalue weighted by Gasteiger charge is -2.27. The minimum atomic E-state index is 0. The number of hydrogen-bond donors (Lipinski definition) is 0. The second-order valence-corrected chi connectivity index (χ2v) is 6.35. The number of nitrogens with zero attached hydrogens (tertiary/aromatic N) is 1. The van der Waals surface area contributed by atoms with E-state index in [0.717, 1.165) is 30.8 Å². The van der Waals surface area contributed by atoms with E-state index in [4.69, 9.17) is 9.47 Å². The standard InChI is InChI=1S/C20H25NO2.ClH/c1-21(2)16-13-12-15-8-4-5-9-17(15)20(14-16)23-19-11-7-6-10-18(19)22-3;/h4-11,16,20H,12-14H2,1-3H3;1H. The molecule has 2 unspecified atom stereocenters. The first-order chi connectivity index (χ1) is 11.2. The molecule has 4 heteroatoms. The van der Waals surface area contributed by atoms with E-state index in [1.165, 1.54) is 11.1 Å². The Morgan fingerprint density at radius 3 is 2.33 bits per heavy atom. The molecular formula is C20H26ClNO2. The van der Waals surface area contributed by atoms with Crippen molar-refractivity contribution in [3.8, 4) is 11.5 Å². The molecule has 0 heterocycles. The van der Waals surface area contributed by atoms with Crippen LogP contribution in [0.3, 0.4) is 0 Å². The number of fused-ring (bicyclic) bond motifs is 1. The van der Waals surface area contributed by atoms with Crippen LogP contribution in [-0.2, 0) is 6.42 Å². The van der Waals surface area contributed by atoms with Crippen LogP contribution in [0.25, 0.3) is 0 Å². The highest BCUT2D eigenvalue weighted by molar-refractivity contribution is 5.85. The number of para-hydroxylation sites is 2. The molecule has 0 saturated heterocycles. The summed E-state index contributed by atoms with van der Waals surface area (Å²) in [6, 6.07) is 17.1. The molecule has 3 nitrogen and oxygen atoms in total. The molecule has 0 N–H and O–H groups in total. The lowest BCUT2D eigenvalue weighted by Crippen LogP contribution is -2.30. The second-order valence-electron chi connectivity index (χ2n) is 6.35. The number of ether oxygens (including phenoxy) is 2. The van der Waals surface area contributed by atoms with Crippen molar-refractivity contribution in [3.63, 3.8) is 0 Å². The van der Waals surface area contributed by atoms with Crippen LogP contribution >= 0.6 is 12.4 Å². The van der Waals surface area contributed by atoms with Crippen molar-refractivity contribution in [2.24, 2.45) is 0 Å². The summed E-state index contributed by atoms with van der Waals surface area (Å²) in [5.41, 5.74) is 2.71. The fourth-order valence-corrected chi connectivity index (χ4v) is 3.34. The minimum absolute atomic E-state index is 0. The first kappa shape index (κ1) is 18.6. The molecule has 2 aromatic carbocycles. The summed E-state index contributed by atoms with van der Waals surface area (Å²) in [6.07, 6.45) is 3.31. The monoisotopic (exact) mass is 347 g/mol. The van der Waals surface area contributed by atoms with Gasteiger partial charge in [-0.05, 0) is 50.2 Å². The summed E-state index contributed by atoms with van der Waals surface area (Å²) in [7, 11) is 5.99. The molecule has 0 bridgehead atoms. The number of aryl methyl sites for hydroxylation is 1. The van der Waals surface area contributed by atoms with Gasteiger partial charge in [-0.1, -0.05) is 36.4 Å². The lowest BCUT2D eigenvalue weighted by atomic mass is 10.0. The van der Waals surface area contributed by atoms with E-state index < -0.39 is 0 Å². The molecule has 0 aliphatic heterocycles. The Bertz CT molecular complexity index is 660. The van der Waals surface area contributed by atoms with E-state index in [1.807, 2.05) is 24.3 Å². The smallest absolute Gasteiger partial charge is 0.162 e. The van der Waals surface area contributed by atoms with Gasteiger partial charge in [0, 0.05) is 12.5 Å². The van der Waals surface area contributed by atoms with Crippen LogP contribution in [0, 0.1) is 0 Å². The van der Waals surface area contributed by atoms with Gasteiger partial charge in [0.1, 0.15) is 6.10 Å². The first-order valence-electron chi connectivity index (χ1n) is 8.23. The summed E-state index contributed by atoms with van der Waals surface area (Å²) < 4.78 is 11.9. The predicted octanol–water partition coefficient (Wildman–Crippen LogP) is 4.50. The van der Waals surface area contributed by atoms with Gasteiger partial charge >= 0.3 is 0 Å². The molecule has 2 atom stereocenters. The van der Waals surface area contributed by atoms with Crippen LogP contribution in [0.1, 0.15) is 30.1 Å². The highest BCUT2D eigenvalue weighted by Crippen LogP contribution is 2.37. The Morgan fingerprint density at radius 2 is 1.62 bits per heavy atom. The predicted molar refractivity (Wildman–Crippen MR) is 100 cm³/mol. The maximum atomic E-state index is 6.41. The average molecular weight is 348 g/mol. The average Bonchev–Trinajstić information content (AvgIpc) is 2.76. The maximum absolute atomic E-state index is 6.41. The van der Waals surface area contributed by atoms with Gasteiger partial charge in [0.05, 0.1) is 7.11 Å². The zero-order chi connectivity index (χ0) is 16.2. The van der Waals surface area contributed by atoms with Gasteiger partial charge in [0.15, 0.2) is 11.5 Å². The zero-order valence-electron chi connectivity index (χ0n) is 14.6. The summed E-state index contributed by atoms with van der Waals surface area (Å²) in [5.74, 6) is 1.60. The summed E-state index contributed by atoms with van der Waals surface area (Å²) in [5, 5.41) is 0. The number of benzene rings is 2. The van der Waals surface area contributed by atoms with Crippen LogP contribution in [0.4, 0.5) is 0 Å². The van der Waals surface area contributed by atoms with Crippen molar-refractivity contribution < 1.29 is 9.47 Å². The molecule has 130 valence electrons. The highest BCUT2D eigenvalue weighted by Gasteiger charge is 2.27. The van der Waals surface area contributed by atoms with E-state index in [0.29, 0.717) is 6.04 Å². The quantitative estimate of drug-likeness (QED) is 0.760. The molecule has 0 amide bonds. The van der Waals surface area contributed by atoms with Gasteiger partial charge in [-0.2, -0.15) is 0 Å². The van der Waals surface area contributed by atoms with E-state index in [9.17, 15) is 0 Å². The molecule has 1 aliphatic rings. The SMILES string of the molecule is COc1ccccc1OC1CC(N(C)C)CCc2ccccc21.Cl.